The fourth-order valence-corrected chi connectivity index (χ4v) is 3.29. The maximum absolute atomic E-state index is 13.2. The number of anilines is 1. The number of carbonyl (C=O) groups is 1. The summed E-state index contributed by atoms with van der Waals surface area (Å²) in [6.45, 7) is 0.372. The summed E-state index contributed by atoms with van der Waals surface area (Å²) in [5, 5.41) is 3.45. The second-order valence-corrected chi connectivity index (χ2v) is 6.43. The van der Waals surface area contributed by atoms with Crippen molar-refractivity contribution in [3.8, 4) is 5.75 Å². The Kier molecular flexibility index (Phi) is 4.50. The summed E-state index contributed by atoms with van der Waals surface area (Å²) in [5.41, 5.74) is 3.24. The highest BCUT2D eigenvalue weighted by Gasteiger charge is 2.32. The molecule has 1 atom stereocenters. The van der Waals surface area contributed by atoms with Crippen molar-refractivity contribution in [1.82, 2.24) is 4.90 Å². The molecule has 0 bridgehead atoms. The van der Waals surface area contributed by atoms with Crippen LogP contribution in [0.1, 0.15) is 27.7 Å². The molecule has 136 valence electrons. The van der Waals surface area contributed by atoms with Crippen LogP contribution in [0, 0.1) is 5.82 Å². The third-order valence-corrected chi connectivity index (χ3v) is 4.72. The standard InChI is InChI=1S/C22H19FN2O2/c1-27-18-12-8-16(9-13-18)21-24-20-5-3-2-4-19(20)22(26)25(21)14-15-6-10-17(23)11-7-15/h2-13,21,24H,14H2,1H3. The smallest absolute Gasteiger partial charge is 0.258 e. The van der Waals surface area contributed by atoms with Gasteiger partial charge in [-0.2, -0.15) is 0 Å². The number of fused-ring (bicyclic) bond motifs is 1. The van der Waals surface area contributed by atoms with E-state index in [-0.39, 0.29) is 17.9 Å². The number of carbonyl (C=O) groups excluding carboxylic acids is 1. The number of halogens is 1. The van der Waals surface area contributed by atoms with Crippen LogP contribution >= 0.6 is 0 Å². The SMILES string of the molecule is COc1ccc(C2Nc3ccccc3C(=O)N2Cc2ccc(F)cc2)cc1. The third-order valence-electron chi connectivity index (χ3n) is 4.72. The predicted octanol–water partition coefficient (Wildman–Crippen LogP) is 4.60. The van der Waals surface area contributed by atoms with E-state index in [1.165, 1.54) is 12.1 Å². The van der Waals surface area contributed by atoms with Crippen molar-refractivity contribution in [3.63, 3.8) is 0 Å². The minimum absolute atomic E-state index is 0.0607. The Hall–Kier alpha value is -3.34. The summed E-state index contributed by atoms with van der Waals surface area (Å²) in [7, 11) is 1.62. The number of rotatable bonds is 4. The van der Waals surface area contributed by atoms with Gasteiger partial charge in [-0.1, -0.05) is 36.4 Å². The van der Waals surface area contributed by atoms with E-state index in [1.807, 2.05) is 48.5 Å². The van der Waals surface area contributed by atoms with Gasteiger partial charge in [0.15, 0.2) is 0 Å². The Morgan fingerprint density at radius 2 is 1.70 bits per heavy atom. The summed E-state index contributed by atoms with van der Waals surface area (Å²) in [6.07, 6.45) is -0.330. The van der Waals surface area contributed by atoms with E-state index in [0.29, 0.717) is 12.1 Å². The van der Waals surface area contributed by atoms with Gasteiger partial charge in [-0.15, -0.1) is 0 Å². The van der Waals surface area contributed by atoms with Crippen LogP contribution in [0.5, 0.6) is 5.75 Å². The van der Waals surface area contributed by atoms with Gasteiger partial charge in [-0.3, -0.25) is 4.79 Å². The number of amides is 1. The first-order chi connectivity index (χ1) is 13.2. The number of ether oxygens (including phenoxy) is 1. The predicted molar refractivity (Wildman–Crippen MR) is 102 cm³/mol. The molecule has 5 heteroatoms. The van der Waals surface area contributed by atoms with E-state index in [0.717, 1.165) is 22.6 Å². The number of benzene rings is 3. The van der Waals surface area contributed by atoms with Crippen LogP contribution in [0.4, 0.5) is 10.1 Å². The molecule has 0 fully saturated rings. The molecule has 27 heavy (non-hydrogen) atoms. The Morgan fingerprint density at radius 3 is 2.41 bits per heavy atom. The monoisotopic (exact) mass is 362 g/mol. The maximum atomic E-state index is 13.2. The van der Waals surface area contributed by atoms with Gasteiger partial charge in [0.05, 0.1) is 12.7 Å². The lowest BCUT2D eigenvalue weighted by Gasteiger charge is -2.38. The Balaban J connectivity index is 1.72. The summed E-state index contributed by atoms with van der Waals surface area (Å²) in [5.74, 6) is 0.403. The summed E-state index contributed by atoms with van der Waals surface area (Å²) in [4.78, 5) is 14.9. The fraction of sp³-hybridized carbons (Fsp3) is 0.136. The number of hydrogen-bond donors (Lipinski definition) is 1. The Labute approximate surface area is 157 Å². The van der Waals surface area contributed by atoms with Crippen molar-refractivity contribution >= 4 is 11.6 Å². The highest BCUT2D eigenvalue weighted by molar-refractivity contribution is 6.01. The second kappa shape index (κ2) is 7.11. The number of methoxy groups -OCH3 is 1. The van der Waals surface area contributed by atoms with Gasteiger partial charge >= 0.3 is 0 Å². The minimum atomic E-state index is -0.330. The molecule has 0 saturated heterocycles. The topological polar surface area (TPSA) is 41.6 Å². The molecule has 0 aromatic heterocycles. The molecule has 1 aliphatic rings. The molecular weight excluding hydrogens is 343 g/mol. The first kappa shape index (κ1) is 17.1. The van der Waals surface area contributed by atoms with Crippen LogP contribution < -0.4 is 10.1 Å². The molecule has 3 aromatic carbocycles. The largest absolute Gasteiger partial charge is 0.497 e. The summed E-state index contributed by atoms with van der Waals surface area (Å²) in [6, 6.07) is 21.3. The van der Waals surface area contributed by atoms with Crippen molar-refractivity contribution in [2.45, 2.75) is 12.7 Å². The third kappa shape index (κ3) is 3.36. The summed E-state index contributed by atoms with van der Waals surface area (Å²) < 4.78 is 18.5. The Morgan fingerprint density at radius 1 is 1.00 bits per heavy atom. The molecule has 1 aliphatic heterocycles. The molecular formula is C22H19FN2O2. The van der Waals surface area contributed by atoms with Crippen LogP contribution in [0.3, 0.4) is 0 Å². The van der Waals surface area contributed by atoms with Crippen LogP contribution in [0.2, 0.25) is 0 Å². The van der Waals surface area contributed by atoms with Gasteiger partial charge in [0.2, 0.25) is 0 Å². The molecule has 0 radical (unpaired) electrons. The lowest BCUT2D eigenvalue weighted by Crippen LogP contribution is -2.42. The lowest BCUT2D eigenvalue weighted by atomic mass is 10.0. The van der Waals surface area contributed by atoms with Crippen LogP contribution in [-0.4, -0.2) is 17.9 Å². The van der Waals surface area contributed by atoms with Gasteiger partial charge < -0.3 is 15.0 Å². The fourth-order valence-electron chi connectivity index (χ4n) is 3.29. The molecule has 0 saturated carbocycles. The minimum Gasteiger partial charge on any atom is -0.497 e. The van der Waals surface area contributed by atoms with Crippen LogP contribution in [0.15, 0.2) is 72.8 Å². The van der Waals surface area contributed by atoms with Gasteiger partial charge in [-0.05, 0) is 47.5 Å². The maximum Gasteiger partial charge on any atom is 0.258 e. The molecule has 3 aromatic rings. The van der Waals surface area contributed by atoms with Crippen molar-refractivity contribution in [2.24, 2.45) is 0 Å². The zero-order chi connectivity index (χ0) is 18.8. The number of hydrogen-bond acceptors (Lipinski definition) is 3. The van der Waals surface area contributed by atoms with Gasteiger partial charge in [0, 0.05) is 12.2 Å². The first-order valence-electron chi connectivity index (χ1n) is 8.70. The van der Waals surface area contributed by atoms with E-state index in [4.69, 9.17) is 4.74 Å². The van der Waals surface area contributed by atoms with E-state index in [2.05, 4.69) is 5.32 Å². The zero-order valence-electron chi connectivity index (χ0n) is 14.9. The van der Waals surface area contributed by atoms with Crippen LogP contribution in [0.25, 0.3) is 0 Å². The summed E-state index contributed by atoms with van der Waals surface area (Å²) >= 11 is 0. The number of para-hydroxylation sites is 1. The highest BCUT2D eigenvalue weighted by Crippen LogP contribution is 2.34. The Bertz CT molecular complexity index is 955. The number of nitrogens with zero attached hydrogens (tertiary/aromatic N) is 1. The molecule has 1 unspecified atom stereocenters. The van der Waals surface area contributed by atoms with Gasteiger partial charge in [-0.25, -0.2) is 4.39 Å². The molecule has 4 rings (SSSR count). The quantitative estimate of drug-likeness (QED) is 0.737. The zero-order valence-corrected chi connectivity index (χ0v) is 14.9. The second-order valence-electron chi connectivity index (χ2n) is 6.43. The molecule has 1 amide bonds. The van der Waals surface area contributed by atoms with Crippen molar-refractivity contribution in [2.75, 3.05) is 12.4 Å². The normalized spacial score (nSPS) is 15.9. The average molecular weight is 362 g/mol. The van der Waals surface area contributed by atoms with Crippen molar-refractivity contribution in [1.29, 1.82) is 0 Å². The van der Waals surface area contributed by atoms with Gasteiger partial charge in [0.1, 0.15) is 17.7 Å². The lowest BCUT2D eigenvalue weighted by molar-refractivity contribution is 0.0666. The average Bonchev–Trinajstić information content (AvgIpc) is 2.71. The number of nitrogens with one attached hydrogen (secondary N) is 1. The van der Waals surface area contributed by atoms with E-state index in [1.54, 1.807) is 24.1 Å². The molecule has 0 aliphatic carbocycles. The molecule has 0 spiro atoms. The van der Waals surface area contributed by atoms with Crippen molar-refractivity contribution in [3.05, 3.63) is 95.3 Å². The van der Waals surface area contributed by atoms with E-state index >= 15 is 0 Å². The van der Waals surface area contributed by atoms with E-state index < -0.39 is 0 Å². The first-order valence-corrected chi connectivity index (χ1v) is 8.70. The van der Waals surface area contributed by atoms with Crippen LogP contribution in [-0.2, 0) is 6.54 Å². The molecule has 1 N–H and O–H groups in total. The molecule has 1 heterocycles. The van der Waals surface area contributed by atoms with Crippen molar-refractivity contribution < 1.29 is 13.9 Å². The highest BCUT2D eigenvalue weighted by atomic mass is 19.1. The molecule has 4 nitrogen and oxygen atoms in total. The van der Waals surface area contributed by atoms with E-state index in [9.17, 15) is 9.18 Å². The van der Waals surface area contributed by atoms with Gasteiger partial charge in [0.25, 0.3) is 5.91 Å².